The number of hydrogen-bond acceptors (Lipinski definition) is 3. The normalized spacial score (nSPS) is 10.3. The molecule has 2 aromatic rings. The van der Waals surface area contributed by atoms with Crippen LogP contribution in [0.2, 0.25) is 0 Å². The standard InChI is InChI=1S/C13H12BrNO3/c1-8-2-4-10(18-8)7-15-13(17)11-6-9(14)3-5-12(11)16/h2-6,16H,7H2,1H3,(H,15,17). The monoisotopic (exact) mass is 309 g/mol. The molecule has 2 N–H and O–H groups in total. The highest BCUT2D eigenvalue weighted by Gasteiger charge is 2.11. The molecule has 0 saturated heterocycles. The summed E-state index contributed by atoms with van der Waals surface area (Å²) in [6, 6.07) is 8.34. The largest absolute Gasteiger partial charge is 0.507 e. The number of hydrogen-bond donors (Lipinski definition) is 2. The van der Waals surface area contributed by atoms with Gasteiger partial charge in [-0.2, -0.15) is 0 Å². The van der Waals surface area contributed by atoms with Crippen LogP contribution in [0.3, 0.4) is 0 Å². The summed E-state index contributed by atoms with van der Waals surface area (Å²) in [5.41, 5.74) is 0.229. The zero-order valence-electron chi connectivity index (χ0n) is 9.74. The number of benzene rings is 1. The molecule has 0 aliphatic rings. The van der Waals surface area contributed by atoms with Gasteiger partial charge in [0.25, 0.3) is 5.91 Å². The fraction of sp³-hybridized carbons (Fsp3) is 0.154. The summed E-state index contributed by atoms with van der Waals surface area (Å²) in [5.74, 6) is 1.08. The van der Waals surface area contributed by atoms with Gasteiger partial charge in [0.1, 0.15) is 17.3 Å². The first-order valence-corrected chi connectivity index (χ1v) is 6.17. The molecule has 0 bridgehead atoms. The van der Waals surface area contributed by atoms with E-state index in [1.165, 1.54) is 6.07 Å². The van der Waals surface area contributed by atoms with Crippen molar-refractivity contribution in [2.75, 3.05) is 0 Å². The van der Waals surface area contributed by atoms with Gasteiger partial charge in [-0.15, -0.1) is 0 Å². The van der Waals surface area contributed by atoms with E-state index >= 15 is 0 Å². The second-order valence-electron chi connectivity index (χ2n) is 3.86. The lowest BCUT2D eigenvalue weighted by molar-refractivity contribution is 0.0945. The minimum absolute atomic E-state index is 0.0497. The lowest BCUT2D eigenvalue weighted by Crippen LogP contribution is -2.22. The van der Waals surface area contributed by atoms with Gasteiger partial charge in [-0.3, -0.25) is 4.79 Å². The van der Waals surface area contributed by atoms with E-state index in [-0.39, 0.29) is 17.2 Å². The molecule has 4 nitrogen and oxygen atoms in total. The van der Waals surface area contributed by atoms with Crippen molar-refractivity contribution in [2.24, 2.45) is 0 Å². The fourth-order valence-electron chi connectivity index (χ4n) is 1.53. The number of rotatable bonds is 3. The Morgan fingerprint density at radius 3 is 2.83 bits per heavy atom. The molecule has 0 aliphatic heterocycles. The van der Waals surface area contributed by atoms with E-state index in [2.05, 4.69) is 21.2 Å². The van der Waals surface area contributed by atoms with Crippen molar-refractivity contribution in [3.63, 3.8) is 0 Å². The van der Waals surface area contributed by atoms with Crippen LogP contribution < -0.4 is 5.32 Å². The first-order chi connectivity index (χ1) is 8.56. The predicted octanol–water partition coefficient (Wildman–Crippen LogP) is 2.99. The number of furan rings is 1. The van der Waals surface area contributed by atoms with Crippen LogP contribution in [0.4, 0.5) is 0 Å². The molecule has 0 atom stereocenters. The Morgan fingerprint density at radius 2 is 2.17 bits per heavy atom. The van der Waals surface area contributed by atoms with Gasteiger partial charge in [0.05, 0.1) is 12.1 Å². The van der Waals surface area contributed by atoms with Gasteiger partial charge in [0.2, 0.25) is 0 Å². The third-order valence-corrected chi connectivity index (χ3v) is 2.92. The van der Waals surface area contributed by atoms with Crippen LogP contribution in [0.5, 0.6) is 5.75 Å². The van der Waals surface area contributed by atoms with E-state index in [0.29, 0.717) is 12.3 Å². The third-order valence-electron chi connectivity index (χ3n) is 2.42. The molecule has 5 heteroatoms. The number of aryl methyl sites for hydroxylation is 1. The van der Waals surface area contributed by atoms with Crippen LogP contribution in [0.15, 0.2) is 39.2 Å². The molecule has 0 radical (unpaired) electrons. The molecule has 18 heavy (non-hydrogen) atoms. The Balaban J connectivity index is 2.05. The van der Waals surface area contributed by atoms with E-state index < -0.39 is 0 Å². The zero-order chi connectivity index (χ0) is 13.1. The van der Waals surface area contributed by atoms with E-state index in [9.17, 15) is 9.90 Å². The zero-order valence-corrected chi connectivity index (χ0v) is 11.3. The fourth-order valence-corrected chi connectivity index (χ4v) is 1.89. The molecular weight excluding hydrogens is 298 g/mol. The molecule has 0 aliphatic carbocycles. The molecule has 0 saturated carbocycles. The average molecular weight is 310 g/mol. The minimum Gasteiger partial charge on any atom is -0.507 e. The van der Waals surface area contributed by atoms with Gasteiger partial charge >= 0.3 is 0 Å². The lowest BCUT2D eigenvalue weighted by atomic mass is 10.2. The quantitative estimate of drug-likeness (QED) is 0.916. The topological polar surface area (TPSA) is 62.5 Å². The summed E-state index contributed by atoms with van der Waals surface area (Å²) in [6.07, 6.45) is 0. The third kappa shape index (κ3) is 2.92. The van der Waals surface area contributed by atoms with Crippen LogP contribution >= 0.6 is 15.9 Å². The highest BCUT2D eigenvalue weighted by molar-refractivity contribution is 9.10. The number of amides is 1. The van der Waals surface area contributed by atoms with Crippen LogP contribution in [-0.4, -0.2) is 11.0 Å². The molecular formula is C13H12BrNO3. The van der Waals surface area contributed by atoms with Crippen LogP contribution in [0, 0.1) is 6.92 Å². The highest BCUT2D eigenvalue weighted by Crippen LogP contribution is 2.21. The van der Waals surface area contributed by atoms with Gasteiger partial charge in [0, 0.05) is 4.47 Å². The summed E-state index contributed by atoms with van der Waals surface area (Å²) in [4.78, 5) is 11.9. The summed E-state index contributed by atoms with van der Waals surface area (Å²) in [7, 11) is 0. The Labute approximate surface area is 113 Å². The molecule has 0 spiro atoms. The summed E-state index contributed by atoms with van der Waals surface area (Å²) in [6.45, 7) is 2.13. The Morgan fingerprint density at radius 1 is 1.39 bits per heavy atom. The molecule has 0 unspecified atom stereocenters. The number of phenols is 1. The Kier molecular flexibility index (Phi) is 3.72. The van der Waals surface area contributed by atoms with Crippen molar-refractivity contribution in [2.45, 2.75) is 13.5 Å². The van der Waals surface area contributed by atoms with E-state index in [1.807, 2.05) is 13.0 Å². The number of aromatic hydroxyl groups is 1. The van der Waals surface area contributed by atoms with Crippen molar-refractivity contribution in [1.29, 1.82) is 0 Å². The molecule has 1 aromatic heterocycles. The van der Waals surface area contributed by atoms with Crippen molar-refractivity contribution in [3.05, 3.63) is 51.9 Å². The van der Waals surface area contributed by atoms with E-state index in [4.69, 9.17) is 4.42 Å². The molecule has 2 rings (SSSR count). The molecule has 1 amide bonds. The SMILES string of the molecule is Cc1ccc(CNC(=O)c2cc(Br)ccc2O)o1. The molecule has 1 heterocycles. The number of carbonyl (C=O) groups is 1. The minimum atomic E-state index is -0.345. The Bertz CT molecular complexity index is 577. The van der Waals surface area contributed by atoms with Crippen molar-refractivity contribution >= 4 is 21.8 Å². The molecule has 94 valence electrons. The number of carbonyl (C=O) groups excluding carboxylic acids is 1. The maximum Gasteiger partial charge on any atom is 0.255 e. The lowest BCUT2D eigenvalue weighted by Gasteiger charge is -2.06. The predicted molar refractivity (Wildman–Crippen MR) is 70.4 cm³/mol. The van der Waals surface area contributed by atoms with Crippen molar-refractivity contribution in [3.8, 4) is 5.75 Å². The maximum absolute atomic E-state index is 11.9. The summed E-state index contributed by atoms with van der Waals surface area (Å²) >= 11 is 3.25. The summed E-state index contributed by atoms with van der Waals surface area (Å²) < 4.78 is 6.07. The smallest absolute Gasteiger partial charge is 0.255 e. The van der Waals surface area contributed by atoms with Crippen molar-refractivity contribution in [1.82, 2.24) is 5.32 Å². The van der Waals surface area contributed by atoms with E-state index in [0.717, 1.165) is 10.2 Å². The number of phenolic OH excluding ortho intramolecular Hbond substituents is 1. The van der Waals surface area contributed by atoms with Crippen molar-refractivity contribution < 1.29 is 14.3 Å². The number of nitrogens with one attached hydrogen (secondary N) is 1. The van der Waals surface area contributed by atoms with Crippen LogP contribution in [0.1, 0.15) is 21.9 Å². The van der Waals surface area contributed by atoms with Crippen LogP contribution in [0.25, 0.3) is 0 Å². The second-order valence-corrected chi connectivity index (χ2v) is 4.77. The van der Waals surface area contributed by atoms with Crippen LogP contribution in [-0.2, 0) is 6.54 Å². The van der Waals surface area contributed by atoms with E-state index in [1.54, 1.807) is 18.2 Å². The first-order valence-electron chi connectivity index (χ1n) is 5.38. The van der Waals surface area contributed by atoms with Gasteiger partial charge in [-0.05, 0) is 37.3 Å². The Hall–Kier alpha value is -1.75. The molecule has 1 aromatic carbocycles. The highest BCUT2D eigenvalue weighted by atomic mass is 79.9. The average Bonchev–Trinajstić information content (AvgIpc) is 2.75. The molecule has 0 fully saturated rings. The summed E-state index contributed by atoms with van der Waals surface area (Å²) in [5, 5.41) is 12.3. The van der Waals surface area contributed by atoms with Gasteiger partial charge in [-0.25, -0.2) is 0 Å². The van der Waals surface area contributed by atoms with Gasteiger partial charge in [-0.1, -0.05) is 15.9 Å². The first kappa shape index (κ1) is 12.7. The maximum atomic E-state index is 11.9. The van der Waals surface area contributed by atoms with Gasteiger partial charge < -0.3 is 14.8 Å². The second kappa shape index (κ2) is 5.27. The number of halogens is 1. The van der Waals surface area contributed by atoms with Gasteiger partial charge in [0.15, 0.2) is 0 Å².